The van der Waals surface area contributed by atoms with Gasteiger partial charge in [-0.2, -0.15) is 0 Å². The number of ether oxygens (including phenoxy) is 2. The Kier molecular flexibility index (Phi) is 4.03. The Hall–Kier alpha value is -2.49. The van der Waals surface area contributed by atoms with Gasteiger partial charge < -0.3 is 15.2 Å². The van der Waals surface area contributed by atoms with E-state index in [-0.39, 0.29) is 0 Å². The lowest BCUT2D eigenvalue weighted by molar-refractivity contribution is 0.404. The molecule has 2 aromatic rings. The average molecular weight is 256 g/mol. The minimum Gasteiger partial charge on any atom is -0.497 e. The van der Waals surface area contributed by atoms with E-state index in [1.807, 2.05) is 36.4 Å². The molecule has 4 nitrogen and oxygen atoms in total. The third-order valence-corrected chi connectivity index (χ3v) is 2.70. The van der Waals surface area contributed by atoms with Crippen molar-refractivity contribution in [1.82, 2.24) is 0 Å². The summed E-state index contributed by atoms with van der Waals surface area (Å²) in [7, 11) is 3.20. The van der Waals surface area contributed by atoms with E-state index in [0.717, 1.165) is 5.56 Å². The Morgan fingerprint density at radius 1 is 1.00 bits per heavy atom. The van der Waals surface area contributed by atoms with Crippen molar-refractivity contribution < 1.29 is 9.47 Å². The summed E-state index contributed by atoms with van der Waals surface area (Å²) in [6.45, 7) is 0. The first kappa shape index (κ1) is 13.0. The lowest BCUT2D eigenvalue weighted by atomic mass is 10.2. The molecule has 0 aromatic heterocycles. The molecule has 2 aromatic carbocycles. The first-order valence-corrected chi connectivity index (χ1v) is 5.86. The Balaban J connectivity index is 2.41. The lowest BCUT2D eigenvalue weighted by Crippen LogP contribution is -2.12. The molecule has 0 saturated heterocycles. The van der Waals surface area contributed by atoms with Gasteiger partial charge in [-0.15, -0.1) is 0 Å². The molecule has 0 fully saturated rings. The number of nitrogens with zero attached hydrogens (tertiary/aromatic N) is 1. The summed E-state index contributed by atoms with van der Waals surface area (Å²) in [4.78, 5) is 4.40. The number of rotatable bonds is 4. The van der Waals surface area contributed by atoms with Crippen molar-refractivity contribution in [2.75, 3.05) is 14.2 Å². The fraction of sp³-hybridized carbons (Fsp3) is 0.133. The first-order valence-electron chi connectivity index (χ1n) is 5.86. The van der Waals surface area contributed by atoms with Crippen molar-refractivity contribution in [3.63, 3.8) is 0 Å². The molecule has 0 aliphatic carbocycles. The molecule has 0 unspecified atom stereocenters. The standard InChI is InChI=1S/C15H16N2O2/c1-18-12-8-9-14(19-2)13(10-12)17-15(16)11-6-4-3-5-7-11/h3-10H,1-2H3,(H2,16,17). The largest absolute Gasteiger partial charge is 0.497 e. The van der Waals surface area contributed by atoms with Gasteiger partial charge in [-0.25, -0.2) is 4.99 Å². The minimum atomic E-state index is 0.437. The van der Waals surface area contributed by atoms with Crippen molar-refractivity contribution in [3.05, 3.63) is 54.1 Å². The van der Waals surface area contributed by atoms with Gasteiger partial charge in [0.05, 0.1) is 14.2 Å². The number of hydrogen-bond donors (Lipinski definition) is 1. The van der Waals surface area contributed by atoms with Gasteiger partial charge in [-0.3, -0.25) is 0 Å². The molecule has 0 aliphatic heterocycles. The highest BCUT2D eigenvalue weighted by atomic mass is 16.5. The highest BCUT2D eigenvalue weighted by molar-refractivity contribution is 5.99. The molecule has 0 heterocycles. The Morgan fingerprint density at radius 2 is 1.74 bits per heavy atom. The van der Waals surface area contributed by atoms with E-state index in [1.165, 1.54) is 0 Å². The van der Waals surface area contributed by atoms with Gasteiger partial charge in [0, 0.05) is 11.6 Å². The van der Waals surface area contributed by atoms with Gasteiger partial charge in [-0.05, 0) is 12.1 Å². The fourth-order valence-electron chi connectivity index (χ4n) is 1.69. The molecular weight excluding hydrogens is 240 g/mol. The van der Waals surface area contributed by atoms with E-state index in [2.05, 4.69) is 4.99 Å². The minimum absolute atomic E-state index is 0.437. The summed E-state index contributed by atoms with van der Waals surface area (Å²) in [6, 6.07) is 15.0. The molecule has 0 saturated carbocycles. The number of amidine groups is 1. The second-order valence-electron chi connectivity index (χ2n) is 3.90. The summed E-state index contributed by atoms with van der Waals surface area (Å²) in [5.41, 5.74) is 7.51. The fourth-order valence-corrected chi connectivity index (χ4v) is 1.69. The zero-order valence-electron chi connectivity index (χ0n) is 11.0. The third kappa shape index (κ3) is 3.04. The monoisotopic (exact) mass is 256 g/mol. The summed E-state index contributed by atoms with van der Waals surface area (Å²) in [6.07, 6.45) is 0. The Labute approximate surface area is 112 Å². The second-order valence-corrected chi connectivity index (χ2v) is 3.90. The SMILES string of the molecule is COc1ccc(OC)c(N=C(N)c2ccccc2)c1. The van der Waals surface area contributed by atoms with E-state index < -0.39 is 0 Å². The normalized spacial score (nSPS) is 11.2. The molecular formula is C15H16N2O2. The van der Waals surface area contributed by atoms with E-state index in [4.69, 9.17) is 15.2 Å². The van der Waals surface area contributed by atoms with Crippen LogP contribution in [0.25, 0.3) is 0 Å². The second kappa shape index (κ2) is 5.91. The maximum Gasteiger partial charge on any atom is 0.144 e. The number of aliphatic imine (C=N–C) groups is 1. The smallest absolute Gasteiger partial charge is 0.144 e. The van der Waals surface area contributed by atoms with E-state index in [0.29, 0.717) is 23.0 Å². The Bertz CT molecular complexity index is 580. The molecule has 0 atom stereocenters. The quantitative estimate of drug-likeness (QED) is 0.676. The maximum atomic E-state index is 6.00. The van der Waals surface area contributed by atoms with Crippen LogP contribution in [0.1, 0.15) is 5.56 Å². The zero-order chi connectivity index (χ0) is 13.7. The van der Waals surface area contributed by atoms with E-state index in [1.54, 1.807) is 26.4 Å². The predicted molar refractivity (Wildman–Crippen MR) is 76.4 cm³/mol. The van der Waals surface area contributed by atoms with Crippen molar-refractivity contribution in [3.8, 4) is 11.5 Å². The molecule has 2 N–H and O–H groups in total. The molecule has 0 radical (unpaired) electrons. The molecule has 0 amide bonds. The van der Waals surface area contributed by atoms with Crippen LogP contribution in [-0.4, -0.2) is 20.1 Å². The topological polar surface area (TPSA) is 56.8 Å². The van der Waals surface area contributed by atoms with Crippen molar-refractivity contribution in [1.29, 1.82) is 0 Å². The van der Waals surface area contributed by atoms with Gasteiger partial charge in [0.25, 0.3) is 0 Å². The van der Waals surface area contributed by atoms with Gasteiger partial charge >= 0.3 is 0 Å². The first-order chi connectivity index (χ1) is 9.24. The van der Waals surface area contributed by atoms with E-state index >= 15 is 0 Å². The van der Waals surface area contributed by atoms with Crippen molar-refractivity contribution >= 4 is 11.5 Å². The van der Waals surface area contributed by atoms with Crippen molar-refractivity contribution in [2.45, 2.75) is 0 Å². The van der Waals surface area contributed by atoms with Crippen LogP contribution in [0.3, 0.4) is 0 Å². The van der Waals surface area contributed by atoms with Gasteiger partial charge in [0.1, 0.15) is 23.0 Å². The molecule has 19 heavy (non-hydrogen) atoms. The highest BCUT2D eigenvalue weighted by Crippen LogP contribution is 2.31. The molecule has 0 aliphatic rings. The van der Waals surface area contributed by atoms with Gasteiger partial charge in [0.15, 0.2) is 0 Å². The van der Waals surface area contributed by atoms with Crippen LogP contribution in [0.15, 0.2) is 53.5 Å². The van der Waals surface area contributed by atoms with Crippen LogP contribution in [0.5, 0.6) is 11.5 Å². The predicted octanol–water partition coefficient (Wildman–Crippen LogP) is 2.74. The van der Waals surface area contributed by atoms with E-state index in [9.17, 15) is 0 Å². The number of benzene rings is 2. The number of methoxy groups -OCH3 is 2. The van der Waals surface area contributed by atoms with Crippen LogP contribution in [-0.2, 0) is 0 Å². The van der Waals surface area contributed by atoms with Crippen LogP contribution in [0, 0.1) is 0 Å². The maximum absolute atomic E-state index is 6.00. The van der Waals surface area contributed by atoms with Crippen LogP contribution in [0.4, 0.5) is 5.69 Å². The summed E-state index contributed by atoms with van der Waals surface area (Å²) < 4.78 is 10.4. The van der Waals surface area contributed by atoms with Gasteiger partial charge in [-0.1, -0.05) is 30.3 Å². The Morgan fingerprint density at radius 3 is 2.37 bits per heavy atom. The lowest BCUT2D eigenvalue weighted by Gasteiger charge is -2.08. The average Bonchev–Trinajstić information content (AvgIpc) is 2.48. The van der Waals surface area contributed by atoms with Crippen LogP contribution >= 0.6 is 0 Å². The highest BCUT2D eigenvalue weighted by Gasteiger charge is 2.05. The summed E-state index contributed by atoms with van der Waals surface area (Å²) >= 11 is 0. The van der Waals surface area contributed by atoms with Crippen molar-refractivity contribution in [2.24, 2.45) is 10.7 Å². The molecule has 98 valence electrons. The molecule has 0 bridgehead atoms. The molecule has 4 heteroatoms. The van der Waals surface area contributed by atoms with Crippen LogP contribution < -0.4 is 15.2 Å². The molecule has 0 spiro atoms. The summed E-state index contributed by atoms with van der Waals surface area (Å²) in [5, 5.41) is 0. The molecule has 2 rings (SSSR count). The van der Waals surface area contributed by atoms with Gasteiger partial charge in [0.2, 0.25) is 0 Å². The summed E-state index contributed by atoms with van der Waals surface area (Å²) in [5.74, 6) is 1.80. The third-order valence-electron chi connectivity index (χ3n) is 2.70. The zero-order valence-corrected chi connectivity index (χ0v) is 11.0. The number of nitrogens with two attached hydrogens (primary N) is 1. The van der Waals surface area contributed by atoms with Crippen LogP contribution in [0.2, 0.25) is 0 Å². The number of hydrogen-bond acceptors (Lipinski definition) is 3.